The maximum atomic E-state index is 13.3. The van der Waals surface area contributed by atoms with Crippen molar-refractivity contribution in [2.75, 3.05) is 31.1 Å². The Labute approximate surface area is 216 Å². The number of alkyl halides is 6. The summed E-state index contributed by atoms with van der Waals surface area (Å²) in [6.45, 7) is 6.53. The molecule has 2 aromatic carbocycles. The number of amides is 1. The van der Waals surface area contributed by atoms with E-state index in [1.165, 1.54) is 4.90 Å². The molecule has 0 spiro atoms. The molecule has 1 fully saturated rings. The zero-order valence-corrected chi connectivity index (χ0v) is 21.0. The summed E-state index contributed by atoms with van der Waals surface area (Å²) >= 11 is 0. The lowest BCUT2D eigenvalue weighted by molar-refractivity contribution is -0.143. The van der Waals surface area contributed by atoms with Crippen LogP contribution in [0.5, 0.6) is 0 Å². The predicted molar refractivity (Wildman–Crippen MR) is 130 cm³/mol. The van der Waals surface area contributed by atoms with Crippen molar-refractivity contribution in [1.29, 1.82) is 0 Å². The molecule has 0 bridgehead atoms. The first-order valence-corrected chi connectivity index (χ1v) is 12.0. The summed E-state index contributed by atoms with van der Waals surface area (Å²) in [5, 5.41) is 0. The van der Waals surface area contributed by atoms with Crippen LogP contribution in [0.1, 0.15) is 49.7 Å². The van der Waals surface area contributed by atoms with Gasteiger partial charge in [-0.3, -0.25) is 4.79 Å². The topological polar surface area (TPSA) is 49.3 Å². The van der Waals surface area contributed by atoms with E-state index in [1.54, 1.807) is 6.92 Å². The van der Waals surface area contributed by atoms with Crippen LogP contribution in [0.2, 0.25) is 0 Å². The third kappa shape index (κ3) is 6.08. The minimum absolute atomic E-state index is 0.0181. The molecule has 2 heterocycles. The van der Waals surface area contributed by atoms with Crippen LogP contribution in [-0.4, -0.2) is 47.0 Å². The molecule has 0 saturated carbocycles. The number of nitrogens with zero attached hydrogens (tertiary/aromatic N) is 4. The van der Waals surface area contributed by atoms with E-state index in [1.807, 2.05) is 36.9 Å². The van der Waals surface area contributed by atoms with Crippen LogP contribution in [0.3, 0.4) is 0 Å². The molecule has 0 N–H and O–H groups in total. The molecular formula is C27H26F6N4O. The van der Waals surface area contributed by atoms with E-state index in [-0.39, 0.29) is 19.2 Å². The van der Waals surface area contributed by atoms with Gasteiger partial charge >= 0.3 is 12.4 Å². The minimum Gasteiger partial charge on any atom is -0.353 e. The largest absolute Gasteiger partial charge is 0.416 e. The lowest BCUT2D eigenvalue weighted by Crippen LogP contribution is -2.49. The van der Waals surface area contributed by atoms with E-state index in [0.717, 1.165) is 22.4 Å². The molecule has 0 atom stereocenters. The highest BCUT2D eigenvalue weighted by Gasteiger charge is 2.38. The average Bonchev–Trinajstić information content (AvgIpc) is 2.84. The highest BCUT2D eigenvalue weighted by atomic mass is 19.4. The molecule has 1 amide bonds. The first-order valence-electron chi connectivity index (χ1n) is 12.0. The second-order valence-corrected chi connectivity index (χ2v) is 9.40. The molecule has 0 unspecified atom stereocenters. The van der Waals surface area contributed by atoms with Gasteiger partial charge in [-0.2, -0.15) is 26.3 Å². The van der Waals surface area contributed by atoms with Crippen molar-refractivity contribution in [2.45, 2.75) is 39.5 Å². The van der Waals surface area contributed by atoms with Crippen LogP contribution in [-0.2, 0) is 18.8 Å². The summed E-state index contributed by atoms with van der Waals surface area (Å²) in [5.41, 5.74) is 0.272. The standard InChI is InChI=1S/C27H26F6N4O/c1-16-5-4-6-19(11-16)12-23-17(2)34-18(3)35-24(23)36-7-9-37(10-8-36)25(38)20-13-21(26(28,29)30)15-22(14-20)27(31,32)33/h4-6,11,13-15H,7-10,12H2,1-3H3. The molecular weight excluding hydrogens is 510 g/mol. The quantitative estimate of drug-likeness (QED) is 0.385. The van der Waals surface area contributed by atoms with Gasteiger partial charge in [-0.1, -0.05) is 29.8 Å². The molecule has 5 nitrogen and oxygen atoms in total. The number of benzene rings is 2. The molecule has 4 rings (SSSR count). The number of halogens is 6. The summed E-state index contributed by atoms with van der Waals surface area (Å²) in [7, 11) is 0. The normalized spacial score (nSPS) is 14.7. The number of hydrogen-bond acceptors (Lipinski definition) is 4. The Kier molecular flexibility index (Phi) is 7.40. The Balaban J connectivity index is 1.56. The molecule has 38 heavy (non-hydrogen) atoms. The van der Waals surface area contributed by atoms with Gasteiger partial charge in [0.1, 0.15) is 11.6 Å². The number of carbonyl (C=O) groups excluding carboxylic acids is 1. The Morgan fingerprint density at radius 2 is 1.45 bits per heavy atom. The number of aryl methyl sites for hydroxylation is 3. The zero-order valence-electron chi connectivity index (χ0n) is 21.0. The number of anilines is 1. The molecule has 11 heteroatoms. The zero-order chi connectivity index (χ0) is 27.8. The molecule has 1 aliphatic heterocycles. The second kappa shape index (κ2) is 10.3. The van der Waals surface area contributed by atoms with Crippen molar-refractivity contribution in [3.05, 3.63) is 87.4 Å². The molecule has 1 aromatic heterocycles. The summed E-state index contributed by atoms with van der Waals surface area (Å²) in [4.78, 5) is 25.4. The lowest BCUT2D eigenvalue weighted by atomic mass is 10.0. The van der Waals surface area contributed by atoms with Crippen LogP contribution in [0.4, 0.5) is 32.2 Å². The highest BCUT2D eigenvalue weighted by Crippen LogP contribution is 2.36. The molecule has 1 saturated heterocycles. The molecule has 1 aliphatic rings. The summed E-state index contributed by atoms with van der Waals surface area (Å²) < 4.78 is 79.5. The van der Waals surface area contributed by atoms with Crippen molar-refractivity contribution in [3.63, 3.8) is 0 Å². The predicted octanol–water partition coefficient (Wildman–Crippen LogP) is 5.99. The maximum absolute atomic E-state index is 13.3. The fraction of sp³-hybridized carbons (Fsp3) is 0.370. The lowest BCUT2D eigenvalue weighted by Gasteiger charge is -2.36. The van der Waals surface area contributed by atoms with E-state index >= 15 is 0 Å². The van der Waals surface area contributed by atoms with Gasteiger partial charge < -0.3 is 9.80 Å². The van der Waals surface area contributed by atoms with Crippen LogP contribution in [0, 0.1) is 20.8 Å². The van der Waals surface area contributed by atoms with Gasteiger partial charge in [0.05, 0.1) is 11.1 Å². The first-order chi connectivity index (χ1) is 17.7. The molecule has 0 radical (unpaired) electrons. The number of hydrogen-bond donors (Lipinski definition) is 0. The summed E-state index contributed by atoms with van der Waals surface area (Å²) in [5.74, 6) is 0.408. The molecule has 0 aliphatic carbocycles. The van der Waals surface area contributed by atoms with Crippen molar-refractivity contribution in [1.82, 2.24) is 14.9 Å². The van der Waals surface area contributed by atoms with Crippen LogP contribution in [0.25, 0.3) is 0 Å². The van der Waals surface area contributed by atoms with Crippen LogP contribution < -0.4 is 4.90 Å². The van der Waals surface area contributed by atoms with E-state index in [9.17, 15) is 31.1 Å². The van der Waals surface area contributed by atoms with Gasteiger partial charge in [-0.15, -0.1) is 0 Å². The monoisotopic (exact) mass is 536 g/mol. The van der Waals surface area contributed by atoms with E-state index < -0.39 is 35.0 Å². The van der Waals surface area contributed by atoms with Gasteiger partial charge in [-0.25, -0.2) is 9.97 Å². The van der Waals surface area contributed by atoms with Gasteiger partial charge in [0.2, 0.25) is 0 Å². The minimum atomic E-state index is -5.02. The van der Waals surface area contributed by atoms with Crippen LogP contribution >= 0.6 is 0 Å². The van der Waals surface area contributed by atoms with Crippen LogP contribution in [0.15, 0.2) is 42.5 Å². The van der Waals surface area contributed by atoms with Crippen molar-refractivity contribution in [3.8, 4) is 0 Å². The Hall–Kier alpha value is -3.63. The average molecular weight is 537 g/mol. The van der Waals surface area contributed by atoms with Gasteiger partial charge in [0, 0.05) is 49.4 Å². The van der Waals surface area contributed by atoms with E-state index in [4.69, 9.17) is 0 Å². The Morgan fingerprint density at radius 3 is 2.00 bits per heavy atom. The number of aromatic nitrogens is 2. The Morgan fingerprint density at radius 1 is 0.842 bits per heavy atom. The summed E-state index contributed by atoms with van der Waals surface area (Å²) in [6.07, 6.45) is -9.45. The van der Waals surface area contributed by atoms with Gasteiger partial charge in [0.15, 0.2) is 0 Å². The third-order valence-electron chi connectivity index (χ3n) is 6.47. The van der Waals surface area contributed by atoms with Crippen molar-refractivity contribution < 1.29 is 31.1 Å². The smallest absolute Gasteiger partial charge is 0.353 e. The third-order valence-corrected chi connectivity index (χ3v) is 6.47. The van der Waals surface area contributed by atoms with E-state index in [2.05, 4.69) is 16.0 Å². The van der Waals surface area contributed by atoms with E-state index in [0.29, 0.717) is 43.3 Å². The van der Waals surface area contributed by atoms with Crippen molar-refractivity contribution in [2.24, 2.45) is 0 Å². The van der Waals surface area contributed by atoms with Gasteiger partial charge in [-0.05, 0) is 44.5 Å². The van der Waals surface area contributed by atoms with Gasteiger partial charge in [0.25, 0.3) is 5.91 Å². The second-order valence-electron chi connectivity index (χ2n) is 9.40. The highest BCUT2D eigenvalue weighted by molar-refractivity contribution is 5.95. The first kappa shape index (κ1) is 27.4. The SMILES string of the molecule is Cc1cccc(Cc2c(C)nc(C)nc2N2CCN(C(=O)c3cc(C(F)(F)F)cc(C(F)(F)F)c3)CC2)c1. The molecule has 3 aromatic rings. The Bertz CT molecular complexity index is 1310. The maximum Gasteiger partial charge on any atom is 0.416 e. The summed E-state index contributed by atoms with van der Waals surface area (Å²) in [6, 6.07) is 9.02. The van der Waals surface area contributed by atoms with Crippen molar-refractivity contribution >= 4 is 11.7 Å². The number of piperazine rings is 1. The fourth-order valence-corrected chi connectivity index (χ4v) is 4.59. The molecule has 202 valence electrons. The number of carbonyl (C=O) groups is 1. The number of rotatable bonds is 4. The fourth-order valence-electron chi connectivity index (χ4n) is 4.59.